The van der Waals surface area contributed by atoms with Crippen LogP contribution in [0.15, 0.2) is 36.9 Å². The highest BCUT2D eigenvalue weighted by Gasteiger charge is 2.35. The van der Waals surface area contributed by atoms with Crippen LogP contribution in [0.4, 0.5) is 5.69 Å². The summed E-state index contributed by atoms with van der Waals surface area (Å²) in [6, 6.07) is 7.58. The highest BCUT2D eigenvalue weighted by atomic mass is 16.1. The van der Waals surface area contributed by atoms with Gasteiger partial charge in [-0.15, -0.1) is 5.10 Å². The second-order valence-corrected chi connectivity index (χ2v) is 7.20. The van der Waals surface area contributed by atoms with Crippen LogP contribution in [0.2, 0.25) is 0 Å². The van der Waals surface area contributed by atoms with Gasteiger partial charge in [0, 0.05) is 17.7 Å². The first-order valence-corrected chi connectivity index (χ1v) is 9.19. The molecule has 0 atom stereocenters. The minimum absolute atomic E-state index is 0.0254. The molecule has 0 saturated heterocycles. The van der Waals surface area contributed by atoms with Crippen molar-refractivity contribution in [2.45, 2.75) is 45.1 Å². The number of tetrazole rings is 1. The summed E-state index contributed by atoms with van der Waals surface area (Å²) in [5.74, 6) is 0.730. The van der Waals surface area contributed by atoms with E-state index in [9.17, 15) is 4.79 Å². The molecule has 1 fully saturated rings. The fraction of sp³-hybridized carbons (Fsp3) is 0.444. The van der Waals surface area contributed by atoms with Crippen LogP contribution in [0.5, 0.6) is 0 Å². The first-order valence-electron chi connectivity index (χ1n) is 9.19. The number of aromatic nitrogens is 7. The molecule has 27 heavy (non-hydrogen) atoms. The van der Waals surface area contributed by atoms with Crippen LogP contribution in [0.1, 0.15) is 38.5 Å². The van der Waals surface area contributed by atoms with Gasteiger partial charge in [0.05, 0.1) is 6.54 Å². The number of H-pyrrole nitrogens is 1. The lowest BCUT2D eigenvalue weighted by molar-refractivity contribution is -0.119. The molecule has 1 aromatic carbocycles. The Morgan fingerprint density at radius 3 is 2.67 bits per heavy atom. The molecule has 1 aliphatic carbocycles. The van der Waals surface area contributed by atoms with Crippen molar-refractivity contribution in [1.29, 1.82) is 0 Å². The molecule has 4 rings (SSSR count). The standard InChI is InChI=1S/C18H22N8O/c27-16(22-15-6-4-14(5-7-15)17-19-12-20-23-17)10-18(8-2-1-3-9-18)11-26-13-21-24-25-26/h4-7,12-13H,1-3,8-11H2,(H,22,27)(H,19,20,23). The van der Waals surface area contributed by atoms with Crippen LogP contribution in [0, 0.1) is 5.41 Å². The van der Waals surface area contributed by atoms with Crippen molar-refractivity contribution in [1.82, 2.24) is 35.4 Å². The van der Waals surface area contributed by atoms with Gasteiger partial charge in [0.1, 0.15) is 12.7 Å². The number of hydrogen-bond acceptors (Lipinski definition) is 6. The summed E-state index contributed by atoms with van der Waals surface area (Å²) >= 11 is 0. The molecule has 9 heteroatoms. The molecule has 1 aliphatic rings. The van der Waals surface area contributed by atoms with Crippen molar-refractivity contribution in [3.05, 3.63) is 36.9 Å². The predicted octanol–water partition coefficient (Wildman–Crippen LogP) is 2.44. The van der Waals surface area contributed by atoms with Gasteiger partial charge in [-0.3, -0.25) is 9.89 Å². The van der Waals surface area contributed by atoms with E-state index in [-0.39, 0.29) is 11.3 Å². The molecular formula is C18H22N8O. The highest BCUT2D eigenvalue weighted by molar-refractivity contribution is 5.91. The maximum atomic E-state index is 12.7. The van der Waals surface area contributed by atoms with E-state index in [1.807, 2.05) is 24.3 Å². The molecule has 1 amide bonds. The Hall–Kier alpha value is -3.10. The second kappa shape index (κ2) is 7.65. The van der Waals surface area contributed by atoms with Crippen LogP contribution in [0.3, 0.4) is 0 Å². The number of nitrogens with one attached hydrogen (secondary N) is 2. The third-order valence-electron chi connectivity index (χ3n) is 5.20. The van der Waals surface area contributed by atoms with E-state index in [0.29, 0.717) is 18.8 Å². The predicted molar refractivity (Wildman–Crippen MR) is 98.4 cm³/mol. The Bertz CT molecular complexity index is 851. The molecule has 1 saturated carbocycles. The van der Waals surface area contributed by atoms with Crippen LogP contribution < -0.4 is 5.32 Å². The monoisotopic (exact) mass is 366 g/mol. The Balaban J connectivity index is 1.42. The molecular weight excluding hydrogens is 344 g/mol. The van der Waals surface area contributed by atoms with E-state index in [2.05, 4.69) is 36.0 Å². The Morgan fingerprint density at radius 1 is 1.19 bits per heavy atom. The largest absolute Gasteiger partial charge is 0.326 e. The van der Waals surface area contributed by atoms with Crippen LogP contribution in [-0.4, -0.2) is 41.3 Å². The Labute approximate surface area is 156 Å². The van der Waals surface area contributed by atoms with Crippen LogP contribution in [0.25, 0.3) is 11.4 Å². The molecule has 0 bridgehead atoms. The van der Waals surface area contributed by atoms with E-state index >= 15 is 0 Å². The summed E-state index contributed by atoms with van der Waals surface area (Å²) in [7, 11) is 0. The van der Waals surface area contributed by atoms with Gasteiger partial charge in [-0.2, -0.15) is 5.10 Å². The number of anilines is 1. The number of rotatable bonds is 6. The lowest BCUT2D eigenvalue weighted by Crippen LogP contribution is -2.34. The van der Waals surface area contributed by atoms with Gasteiger partial charge < -0.3 is 5.32 Å². The molecule has 0 unspecified atom stereocenters. The maximum Gasteiger partial charge on any atom is 0.224 e. The van der Waals surface area contributed by atoms with Gasteiger partial charge in [0.2, 0.25) is 5.91 Å². The molecule has 2 N–H and O–H groups in total. The first-order chi connectivity index (χ1) is 13.2. The SMILES string of the molecule is O=C(CC1(Cn2cnnn2)CCCCC1)Nc1ccc(-c2ncn[nH]2)cc1. The lowest BCUT2D eigenvalue weighted by Gasteiger charge is -2.36. The van der Waals surface area contributed by atoms with E-state index < -0.39 is 0 Å². The van der Waals surface area contributed by atoms with E-state index in [4.69, 9.17) is 0 Å². The topological polar surface area (TPSA) is 114 Å². The summed E-state index contributed by atoms with van der Waals surface area (Å²) < 4.78 is 1.74. The van der Waals surface area contributed by atoms with Gasteiger partial charge in [0.15, 0.2) is 5.82 Å². The van der Waals surface area contributed by atoms with Crippen molar-refractivity contribution in [2.75, 3.05) is 5.32 Å². The average molecular weight is 366 g/mol. The zero-order valence-corrected chi connectivity index (χ0v) is 15.0. The molecule has 0 aliphatic heterocycles. The van der Waals surface area contributed by atoms with Crippen molar-refractivity contribution >= 4 is 11.6 Å². The Kier molecular flexibility index (Phi) is 4.91. The van der Waals surface area contributed by atoms with Gasteiger partial charge >= 0.3 is 0 Å². The molecule has 2 heterocycles. The van der Waals surface area contributed by atoms with Crippen molar-refractivity contribution in [3.8, 4) is 11.4 Å². The van der Waals surface area contributed by atoms with Crippen LogP contribution >= 0.6 is 0 Å². The van der Waals surface area contributed by atoms with Crippen molar-refractivity contribution < 1.29 is 4.79 Å². The summed E-state index contributed by atoms with van der Waals surface area (Å²) in [4.78, 5) is 16.9. The maximum absolute atomic E-state index is 12.7. The zero-order chi connectivity index (χ0) is 18.5. The number of carbonyl (C=O) groups is 1. The quantitative estimate of drug-likeness (QED) is 0.692. The number of nitrogens with zero attached hydrogens (tertiary/aromatic N) is 6. The van der Waals surface area contributed by atoms with Crippen molar-refractivity contribution in [3.63, 3.8) is 0 Å². The summed E-state index contributed by atoms with van der Waals surface area (Å²) in [6.07, 6.45) is 9.10. The van der Waals surface area contributed by atoms with E-state index in [1.54, 1.807) is 11.0 Å². The third-order valence-corrected chi connectivity index (χ3v) is 5.20. The highest BCUT2D eigenvalue weighted by Crippen LogP contribution is 2.40. The molecule has 2 aromatic heterocycles. The van der Waals surface area contributed by atoms with Gasteiger partial charge in [-0.05, 0) is 52.9 Å². The normalized spacial score (nSPS) is 16.1. The number of hydrogen-bond donors (Lipinski definition) is 2. The zero-order valence-electron chi connectivity index (χ0n) is 15.0. The average Bonchev–Trinajstić information content (AvgIpc) is 3.37. The number of aromatic amines is 1. The third kappa shape index (κ3) is 4.18. The van der Waals surface area contributed by atoms with Crippen molar-refractivity contribution in [2.24, 2.45) is 5.41 Å². The number of benzene rings is 1. The first kappa shape index (κ1) is 17.3. The Morgan fingerprint density at radius 2 is 2.00 bits per heavy atom. The molecule has 0 spiro atoms. The van der Waals surface area contributed by atoms with E-state index in [1.165, 1.54) is 12.7 Å². The van der Waals surface area contributed by atoms with E-state index in [0.717, 1.165) is 36.9 Å². The molecule has 140 valence electrons. The summed E-state index contributed by atoms with van der Waals surface area (Å²) in [5, 5.41) is 21.1. The van der Waals surface area contributed by atoms with Gasteiger partial charge in [0.25, 0.3) is 0 Å². The van der Waals surface area contributed by atoms with Gasteiger partial charge in [-0.1, -0.05) is 19.3 Å². The lowest BCUT2D eigenvalue weighted by atomic mass is 9.71. The number of amides is 1. The molecule has 3 aromatic rings. The summed E-state index contributed by atoms with van der Waals surface area (Å²) in [5.41, 5.74) is 1.61. The smallest absolute Gasteiger partial charge is 0.224 e. The molecule has 9 nitrogen and oxygen atoms in total. The fourth-order valence-corrected chi connectivity index (χ4v) is 3.89. The van der Waals surface area contributed by atoms with Gasteiger partial charge in [-0.25, -0.2) is 9.67 Å². The minimum Gasteiger partial charge on any atom is -0.326 e. The fourth-order valence-electron chi connectivity index (χ4n) is 3.89. The molecule has 0 radical (unpaired) electrons. The minimum atomic E-state index is -0.0858. The van der Waals surface area contributed by atoms with Crippen LogP contribution in [-0.2, 0) is 11.3 Å². The second-order valence-electron chi connectivity index (χ2n) is 7.20. The summed E-state index contributed by atoms with van der Waals surface area (Å²) in [6.45, 7) is 0.678. The number of carbonyl (C=O) groups excluding carboxylic acids is 1.